The Morgan fingerprint density at radius 2 is 1.88 bits per heavy atom. The summed E-state index contributed by atoms with van der Waals surface area (Å²) in [5.41, 5.74) is 13.1. The van der Waals surface area contributed by atoms with E-state index in [0.717, 1.165) is 29.8 Å². The zero-order valence-corrected chi connectivity index (χ0v) is 13.8. The second kappa shape index (κ2) is 7.71. The zero-order valence-electron chi connectivity index (χ0n) is 13.8. The van der Waals surface area contributed by atoms with Crippen molar-refractivity contribution in [1.29, 1.82) is 0 Å². The van der Waals surface area contributed by atoms with Crippen LogP contribution in [0.25, 0.3) is 11.1 Å². The van der Waals surface area contributed by atoms with Gasteiger partial charge < -0.3 is 21.1 Å². The first-order valence-electron chi connectivity index (χ1n) is 7.98. The van der Waals surface area contributed by atoms with Gasteiger partial charge in [0.1, 0.15) is 0 Å². The lowest BCUT2D eigenvalue weighted by atomic mass is 10.0. The molecule has 1 aliphatic rings. The van der Waals surface area contributed by atoms with E-state index in [-0.39, 0.29) is 18.3 Å². The fourth-order valence-corrected chi connectivity index (χ4v) is 2.62. The third-order valence-electron chi connectivity index (χ3n) is 3.80. The fraction of sp³-hybridized carbons (Fsp3) is 0.294. The van der Waals surface area contributed by atoms with Gasteiger partial charge in [0.15, 0.2) is 5.96 Å². The minimum atomic E-state index is -0.379. The minimum Gasteiger partial charge on any atom is -0.378 e. The third kappa shape index (κ3) is 4.51. The number of nitrogens with two attached hydrogens (primary N) is 2. The number of rotatable bonds is 4. The Hall–Kier alpha value is -3.00. The molecule has 3 rings (SSSR count). The monoisotopic (exact) mass is 340 g/mol. The average Bonchev–Trinajstić information content (AvgIpc) is 2.62. The van der Waals surface area contributed by atoms with Crippen LogP contribution in [0.1, 0.15) is 5.56 Å². The van der Waals surface area contributed by atoms with Crippen LogP contribution in [0.3, 0.4) is 0 Å². The molecule has 25 heavy (non-hydrogen) atoms. The third-order valence-corrected chi connectivity index (χ3v) is 3.80. The molecular weight excluding hydrogens is 320 g/mol. The van der Waals surface area contributed by atoms with E-state index in [1.807, 2.05) is 24.3 Å². The molecule has 2 aromatic rings. The molecule has 8 nitrogen and oxygen atoms in total. The largest absolute Gasteiger partial charge is 0.378 e. The van der Waals surface area contributed by atoms with Crippen LogP contribution in [0.4, 0.5) is 5.95 Å². The van der Waals surface area contributed by atoms with Gasteiger partial charge in [0.2, 0.25) is 5.95 Å². The van der Waals surface area contributed by atoms with Crippen LogP contribution in [0.15, 0.2) is 41.7 Å². The first-order chi connectivity index (χ1) is 12.1. The van der Waals surface area contributed by atoms with E-state index in [4.69, 9.17) is 16.2 Å². The Morgan fingerprint density at radius 1 is 1.16 bits per heavy atom. The first kappa shape index (κ1) is 16.8. The summed E-state index contributed by atoms with van der Waals surface area (Å²) in [5, 5.41) is 0. The summed E-state index contributed by atoms with van der Waals surface area (Å²) >= 11 is 0. The number of anilines is 1. The van der Waals surface area contributed by atoms with E-state index < -0.39 is 0 Å². The quantitative estimate of drug-likeness (QED) is 0.607. The second-order valence-electron chi connectivity index (χ2n) is 5.68. The van der Waals surface area contributed by atoms with Crippen molar-refractivity contribution in [2.24, 2.45) is 16.5 Å². The fourth-order valence-electron chi connectivity index (χ4n) is 2.62. The topological polar surface area (TPSA) is 120 Å². The van der Waals surface area contributed by atoms with Gasteiger partial charge in [-0.15, -0.1) is 0 Å². The van der Waals surface area contributed by atoms with E-state index in [1.165, 1.54) is 0 Å². The number of benzene rings is 1. The maximum atomic E-state index is 11.7. The molecular formula is C17H20N6O2. The van der Waals surface area contributed by atoms with Gasteiger partial charge in [-0.25, -0.2) is 9.97 Å². The summed E-state index contributed by atoms with van der Waals surface area (Å²) < 4.78 is 5.33. The predicted octanol–water partition coefficient (Wildman–Crippen LogP) is 0.323. The van der Waals surface area contributed by atoms with Crippen LogP contribution in [-0.4, -0.2) is 48.1 Å². The maximum absolute atomic E-state index is 11.7. The molecule has 8 heteroatoms. The Bertz CT molecular complexity index is 765. The molecule has 1 amide bonds. The standard InChI is InChI=1S/C17H20N6O2/c18-16(19)22-15(24)9-12-2-1-3-13(8-12)14-10-20-17(21-11-14)23-4-6-25-7-5-23/h1-3,8,10-11H,4-7,9H2,(H4,18,19,22,24). The Labute approximate surface area is 145 Å². The number of aliphatic imine (C=N–C) groups is 1. The zero-order chi connectivity index (χ0) is 17.6. The Balaban J connectivity index is 1.74. The molecule has 1 aliphatic heterocycles. The summed E-state index contributed by atoms with van der Waals surface area (Å²) in [6, 6.07) is 7.59. The van der Waals surface area contributed by atoms with Gasteiger partial charge in [0.05, 0.1) is 19.6 Å². The summed E-state index contributed by atoms with van der Waals surface area (Å²) in [4.78, 5) is 26.2. The van der Waals surface area contributed by atoms with Gasteiger partial charge in [-0.05, 0) is 11.1 Å². The van der Waals surface area contributed by atoms with Crippen molar-refractivity contribution in [2.75, 3.05) is 31.2 Å². The number of hydrogen-bond donors (Lipinski definition) is 2. The van der Waals surface area contributed by atoms with Crippen LogP contribution in [0.5, 0.6) is 0 Å². The molecule has 4 N–H and O–H groups in total. The summed E-state index contributed by atoms with van der Waals surface area (Å²) in [5.74, 6) is 0.0930. The van der Waals surface area contributed by atoms with Crippen LogP contribution in [0, 0.1) is 0 Å². The number of carbonyl (C=O) groups is 1. The maximum Gasteiger partial charge on any atom is 0.253 e. The lowest BCUT2D eigenvalue weighted by Gasteiger charge is -2.26. The molecule has 1 aromatic heterocycles. The van der Waals surface area contributed by atoms with Crippen molar-refractivity contribution in [2.45, 2.75) is 6.42 Å². The highest BCUT2D eigenvalue weighted by Gasteiger charge is 2.13. The number of carbonyl (C=O) groups excluding carboxylic acids is 1. The van der Waals surface area contributed by atoms with Crippen LogP contribution in [0.2, 0.25) is 0 Å². The highest BCUT2D eigenvalue weighted by atomic mass is 16.5. The van der Waals surface area contributed by atoms with Gasteiger partial charge in [-0.2, -0.15) is 4.99 Å². The van der Waals surface area contributed by atoms with Crippen molar-refractivity contribution in [3.8, 4) is 11.1 Å². The SMILES string of the molecule is NC(N)=NC(=O)Cc1cccc(-c2cnc(N3CCOCC3)nc2)c1. The molecule has 2 heterocycles. The lowest BCUT2D eigenvalue weighted by molar-refractivity contribution is -0.117. The van der Waals surface area contributed by atoms with Crippen molar-refractivity contribution in [1.82, 2.24) is 9.97 Å². The number of nitrogens with zero attached hydrogens (tertiary/aromatic N) is 4. The predicted molar refractivity (Wildman–Crippen MR) is 95.0 cm³/mol. The van der Waals surface area contributed by atoms with E-state index >= 15 is 0 Å². The first-order valence-corrected chi connectivity index (χ1v) is 7.98. The summed E-state index contributed by atoms with van der Waals surface area (Å²) in [6.07, 6.45) is 3.71. The van der Waals surface area contributed by atoms with Crippen LogP contribution < -0.4 is 16.4 Å². The molecule has 0 atom stereocenters. The highest BCUT2D eigenvalue weighted by Crippen LogP contribution is 2.21. The molecule has 0 aliphatic carbocycles. The number of amides is 1. The molecule has 0 unspecified atom stereocenters. The molecule has 1 aromatic carbocycles. The van der Waals surface area contributed by atoms with E-state index in [2.05, 4.69) is 19.9 Å². The normalized spacial score (nSPS) is 14.2. The van der Waals surface area contributed by atoms with E-state index in [9.17, 15) is 4.79 Å². The van der Waals surface area contributed by atoms with Crippen molar-refractivity contribution >= 4 is 17.8 Å². The van der Waals surface area contributed by atoms with E-state index in [0.29, 0.717) is 19.2 Å². The molecule has 0 saturated carbocycles. The van der Waals surface area contributed by atoms with Gasteiger partial charge in [-0.3, -0.25) is 4.79 Å². The Kier molecular flexibility index (Phi) is 5.20. The molecule has 130 valence electrons. The molecule has 0 spiro atoms. The van der Waals surface area contributed by atoms with Crippen molar-refractivity contribution < 1.29 is 9.53 Å². The highest BCUT2D eigenvalue weighted by molar-refractivity contribution is 5.92. The number of guanidine groups is 1. The number of aromatic nitrogens is 2. The van der Waals surface area contributed by atoms with Gasteiger partial charge in [0.25, 0.3) is 5.91 Å². The molecule has 1 saturated heterocycles. The minimum absolute atomic E-state index is 0.137. The van der Waals surface area contributed by atoms with Crippen molar-refractivity contribution in [3.63, 3.8) is 0 Å². The summed E-state index contributed by atoms with van der Waals surface area (Å²) in [7, 11) is 0. The molecule has 0 bridgehead atoms. The smallest absolute Gasteiger partial charge is 0.253 e. The van der Waals surface area contributed by atoms with Crippen LogP contribution in [-0.2, 0) is 16.0 Å². The lowest BCUT2D eigenvalue weighted by Crippen LogP contribution is -2.37. The number of morpholine rings is 1. The van der Waals surface area contributed by atoms with Gasteiger partial charge >= 0.3 is 0 Å². The van der Waals surface area contributed by atoms with Gasteiger partial charge in [0, 0.05) is 31.0 Å². The van der Waals surface area contributed by atoms with Gasteiger partial charge in [-0.1, -0.05) is 24.3 Å². The van der Waals surface area contributed by atoms with E-state index in [1.54, 1.807) is 12.4 Å². The van der Waals surface area contributed by atoms with Crippen LogP contribution >= 0.6 is 0 Å². The summed E-state index contributed by atoms with van der Waals surface area (Å²) in [6.45, 7) is 2.97. The number of ether oxygens (including phenoxy) is 1. The average molecular weight is 340 g/mol. The second-order valence-corrected chi connectivity index (χ2v) is 5.68. The Morgan fingerprint density at radius 3 is 2.56 bits per heavy atom. The molecule has 0 radical (unpaired) electrons. The van der Waals surface area contributed by atoms with Crippen molar-refractivity contribution in [3.05, 3.63) is 42.2 Å². The molecule has 1 fully saturated rings. The number of hydrogen-bond acceptors (Lipinski definition) is 5.